The molecule has 1 atom stereocenters. The summed E-state index contributed by atoms with van der Waals surface area (Å²) in [6, 6.07) is 3.55. The Morgan fingerprint density at radius 2 is 2.12 bits per heavy atom. The van der Waals surface area contributed by atoms with E-state index in [0.29, 0.717) is 12.1 Å². The summed E-state index contributed by atoms with van der Waals surface area (Å²) in [6.07, 6.45) is 9.20. The number of hydrogen-bond donors (Lipinski definition) is 0. The Hall–Kier alpha value is -2.54. The maximum atomic E-state index is 12.7. The van der Waals surface area contributed by atoms with E-state index in [2.05, 4.69) is 24.9 Å². The molecule has 4 rings (SSSR count). The molecule has 6 nitrogen and oxygen atoms in total. The zero-order chi connectivity index (χ0) is 17.1. The number of amides is 1. The fraction of sp³-hybridized carbons (Fsp3) is 0.333. The highest BCUT2D eigenvalue weighted by atomic mass is 32.1. The lowest BCUT2D eigenvalue weighted by molar-refractivity contribution is 0.0703. The van der Waals surface area contributed by atoms with Crippen LogP contribution in [0.1, 0.15) is 40.6 Å². The van der Waals surface area contributed by atoms with Gasteiger partial charge in [0.1, 0.15) is 5.82 Å². The van der Waals surface area contributed by atoms with E-state index in [1.54, 1.807) is 35.9 Å². The molecule has 0 unspecified atom stereocenters. The van der Waals surface area contributed by atoms with Gasteiger partial charge in [-0.15, -0.1) is 11.3 Å². The predicted octanol–water partition coefficient (Wildman–Crippen LogP) is 2.80. The average molecular weight is 353 g/mol. The second-order valence-electron chi connectivity index (χ2n) is 6.22. The van der Waals surface area contributed by atoms with Crippen LogP contribution in [0.3, 0.4) is 0 Å². The quantitative estimate of drug-likeness (QED) is 0.723. The van der Waals surface area contributed by atoms with E-state index in [-0.39, 0.29) is 11.8 Å². The summed E-state index contributed by atoms with van der Waals surface area (Å²) in [7, 11) is 0. The predicted molar refractivity (Wildman–Crippen MR) is 95.6 cm³/mol. The topological polar surface area (TPSA) is 63.9 Å². The molecule has 0 aliphatic carbocycles. The van der Waals surface area contributed by atoms with Crippen LogP contribution in [0.4, 0.5) is 0 Å². The smallest absolute Gasteiger partial charge is 0.253 e. The summed E-state index contributed by atoms with van der Waals surface area (Å²) in [5.74, 6) is 1.37. The minimum Gasteiger partial charge on any atom is -0.338 e. The van der Waals surface area contributed by atoms with Crippen molar-refractivity contribution in [2.45, 2.75) is 25.3 Å². The summed E-state index contributed by atoms with van der Waals surface area (Å²) in [5, 5.41) is 2.06. The van der Waals surface area contributed by atoms with Gasteiger partial charge in [0.05, 0.1) is 17.7 Å². The van der Waals surface area contributed by atoms with Crippen molar-refractivity contribution in [1.29, 1.82) is 0 Å². The van der Waals surface area contributed by atoms with E-state index in [9.17, 15) is 4.79 Å². The molecule has 0 spiro atoms. The Morgan fingerprint density at radius 3 is 2.92 bits per heavy atom. The van der Waals surface area contributed by atoms with Gasteiger partial charge in [-0.2, -0.15) is 0 Å². The van der Waals surface area contributed by atoms with Crippen LogP contribution in [0, 0.1) is 0 Å². The summed E-state index contributed by atoms with van der Waals surface area (Å²) < 4.78 is 2.15. The molecule has 0 saturated carbocycles. The lowest BCUT2D eigenvalue weighted by Crippen LogP contribution is -2.39. The monoisotopic (exact) mass is 353 g/mol. The Bertz CT molecular complexity index is 830. The van der Waals surface area contributed by atoms with Crippen LogP contribution >= 0.6 is 11.3 Å². The highest BCUT2D eigenvalue weighted by Crippen LogP contribution is 2.27. The molecule has 0 bridgehead atoms. The van der Waals surface area contributed by atoms with Crippen LogP contribution in [-0.2, 0) is 6.54 Å². The number of thiazole rings is 1. The Labute approximate surface area is 150 Å². The Kier molecular flexibility index (Phi) is 4.56. The number of pyridine rings is 1. The minimum absolute atomic E-state index is 0.0738. The number of nitrogens with zero attached hydrogens (tertiary/aromatic N) is 5. The third kappa shape index (κ3) is 3.46. The van der Waals surface area contributed by atoms with E-state index < -0.39 is 0 Å². The SMILES string of the molecule is O=C(c1ccncc1)N1CCC[C@H](c2nccn2Cc2cscn2)C1. The van der Waals surface area contributed by atoms with Gasteiger partial charge in [-0.1, -0.05) is 0 Å². The number of rotatable bonds is 4. The minimum atomic E-state index is 0.0738. The normalized spacial score (nSPS) is 17.6. The lowest BCUT2D eigenvalue weighted by Gasteiger charge is -2.32. The molecule has 128 valence electrons. The molecule has 0 aromatic carbocycles. The molecule has 3 aromatic rings. The van der Waals surface area contributed by atoms with Crippen LogP contribution in [0.2, 0.25) is 0 Å². The highest BCUT2D eigenvalue weighted by molar-refractivity contribution is 7.07. The lowest BCUT2D eigenvalue weighted by atomic mass is 9.96. The van der Waals surface area contributed by atoms with Crippen LogP contribution in [0.25, 0.3) is 0 Å². The second-order valence-corrected chi connectivity index (χ2v) is 6.94. The van der Waals surface area contributed by atoms with Gasteiger partial charge in [-0.3, -0.25) is 9.78 Å². The molecular weight excluding hydrogens is 334 g/mol. The fourth-order valence-corrected chi connectivity index (χ4v) is 3.90. The molecule has 25 heavy (non-hydrogen) atoms. The number of likely N-dealkylation sites (tertiary alicyclic amines) is 1. The van der Waals surface area contributed by atoms with Gasteiger partial charge in [0, 0.05) is 54.7 Å². The third-order valence-electron chi connectivity index (χ3n) is 4.56. The van der Waals surface area contributed by atoms with E-state index in [4.69, 9.17) is 0 Å². The maximum Gasteiger partial charge on any atom is 0.253 e. The van der Waals surface area contributed by atoms with Gasteiger partial charge in [-0.25, -0.2) is 9.97 Å². The van der Waals surface area contributed by atoms with E-state index in [1.165, 1.54) is 0 Å². The number of piperidine rings is 1. The molecule has 1 aliphatic rings. The molecule has 1 saturated heterocycles. The van der Waals surface area contributed by atoms with Crippen molar-refractivity contribution in [1.82, 2.24) is 24.4 Å². The van der Waals surface area contributed by atoms with Gasteiger partial charge >= 0.3 is 0 Å². The molecule has 7 heteroatoms. The van der Waals surface area contributed by atoms with Crippen molar-refractivity contribution in [3.05, 3.63) is 64.9 Å². The molecule has 0 N–H and O–H groups in total. The van der Waals surface area contributed by atoms with Crippen LogP contribution < -0.4 is 0 Å². The van der Waals surface area contributed by atoms with Crippen molar-refractivity contribution >= 4 is 17.2 Å². The van der Waals surface area contributed by atoms with Gasteiger partial charge in [0.2, 0.25) is 0 Å². The number of aromatic nitrogens is 4. The van der Waals surface area contributed by atoms with Gasteiger partial charge in [0.25, 0.3) is 5.91 Å². The zero-order valence-corrected chi connectivity index (χ0v) is 14.6. The Balaban J connectivity index is 1.50. The van der Waals surface area contributed by atoms with Crippen LogP contribution in [0.5, 0.6) is 0 Å². The first-order valence-corrected chi connectivity index (χ1v) is 9.33. The first-order chi connectivity index (χ1) is 12.3. The number of hydrogen-bond acceptors (Lipinski definition) is 5. The van der Waals surface area contributed by atoms with Crippen molar-refractivity contribution in [2.75, 3.05) is 13.1 Å². The van der Waals surface area contributed by atoms with Crippen molar-refractivity contribution < 1.29 is 4.79 Å². The summed E-state index contributed by atoms with van der Waals surface area (Å²) in [5.41, 5.74) is 3.59. The first-order valence-electron chi connectivity index (χ1n) is 8.38. The van der Waals surface area contributed by atoms with Gasteiger partial charge < -0.3 is 9.47 Å². The maximum absolute atomic E-state index is 12.7. The van der Waals surface area contributed by atoms with E-state index in [0.717, 1.165) is 37.4 Å². The zero-order valence-electron chi connectivity index (χ0n) is 13.8. The summed E-state index contributed by atoms with van der Waals surface area (Å²) in [4.78, 5) is 27.6. The van der Waals surface area contributed by atoms with Crippen molar-refractivity contribution in [3.63, 3.8) is 0 Å². The average Bonchev–Trinajstić information content (AvgIpc) is 3.34. The van der Waals surface area contributed by atoms with E-state index >= 15 is 0 Å². The van der Waals surface area contributed by atoms with Crippen LogP contribution in [-0.4, -0.2) is 43.4 Å². The van der Waals surface area contributed by atoms with Crippen molar-refractivity contribution in [2.24, 2.45) is 0 Å². The van der Waals surface area contributed by atoms with Gasteiger partial charge in [0.15, 0.2) is 0 Å². The third-order valence-corrected chi connectivity index (χ3v) is 5.20. The highest BCUT2D eigenvalue weighted by Gasteiger charge is 2.28. The molecule has 4 heterocycles. The number of carbonyl (C=O) groups excluding carboxylic acids is 1. The summed E-state index contributed by atoms with van der Waals surface area (Å²) >= 11 is 1.60. The fourth-order valence-electron chi connectivity index (χ4n) is 3.35. The number of imidazole rings is 1. The molecule has 0 radical (unpaired) electrons. The second kappa shape index (κ2) is 7.14. The summed E-state index contributed by atoms with van der Waals surface area (Å²) in [6.45, 7) is 2.23. The van der Waals surface area contributed by atoms with E-state index in [1.807, 2.05) is 22.8 Å². The molecular formula is C18H19N5OS. The van der Waals surface area contributed by atoms with Crippen molar-refractivity contribution in [3.8, 4) is 0 Å². The molecule has 1 amide bonds. The standard InChI is InChI=1S/C18H19N5OS/c24-18(14-3-5-19-6-4-14)23-8-1-2-15(10-23)17-20-7-9-22(17)11-16-12-25-13-21-16/h3-7,9,12-13,15H,1-2,8,10-11H2/t15-/m0/s1. The largest absolute Gasteiger partial charge is 0.338 e. The van der Waals surface area contributed by atoms with Crippen LogP contribution in [0.15, 0.2) is 47.8 Å². The first kappa shape index (κ1) is 16.0. The molecule has 1 aliphatic heterocycles. The van der Waals surface area contributed by atoms with Gasteiger partial charge in [-0.05, 0) is 25.0 Å². The number of carbonyl (C=O) groups is 1. The molecule has 3 aromatic heterocycles. The Morgan fingerprint density at radius 1 is 1.24 bits per heavy atom. The molecule has 1 fully saturated rings.